The third-order valence-corrected chi connectivity index (χ3v) is 4.01. The molecular formula is C16H17FN2O3S. The number of ether oxygens (including phenoxy) is 1. The number of nitrogens with zero attached hydrogens (tertiary/aromatic N) is 1. The van der Waals surface area contributed by atoms with Gasteiger partial charge in [-0.2, -0.15) is 0 Å². The molecule has 1 atom stereocenters. The Labute approximate surface area is 137 Å². The Hall–Kier alpha value is -2.28. The van der Waals surface area contributed by atoms with Crippen molar-refractivity contribution in [1.82, 2.24) is 10.3 Å². The maximum absolute atomic E-state index is 13.2. The Morgan fingerprint density at radius 2 is 2.22 bits per heavy atom. The molecule has 1 heterocycles. The van der Waals surface area contributed by atoms with Gasteiger partial charge in [0.2, 0.25) is 5.91 Å². The van der Waals surface area contributed by atoms with Crippen LogP contribution in [0.3, 0.4) is 0 Å². The van der Waals surface area contributed by atoms with Crippen LogP contribution in [-0.4, -0.2) is 30.0 Å². The van der Waals surface area contributed by atoms with Crippen LogP contribution in [0.4, 0.5) is 4.39 Å². The fraction of sp³-hybridized carbons (Fsp3) is 0.312. The van der Waals surface area contributed by atoms with Crippen LogP contribution < -0.4 is 5.32 Å². The van der Waals surface area contributed by atoms with Gasteiger partial charge in [0.15, 0.2) is 0 Å². The summed E-state index contributed by atoms with van der Waals surface area (Å²) in [7, 11) is 1.31. The van der Waals surface area contributed by atoms with E-state index in [0.717, 1.165) is 0 Å². The van der Waals surface area contributed by atoms with Gasteiger partial charge in [-0.15, -0.1) is 11.3 Å². The molecule has 0 aliphatic heterocycles. The minimum absolute atomic E-state index is 0.108. The molecule has 0 fully saturated rings. The molecule has 23 heavy (non-hydrogen) atoms. The topological polar surface area (TPSA) is 68.3 Å². The summed E-state index contributed by atoms with van der Waals surface area (Å²) in [6.07, 6.45) is 0.227. The lowest BCUT2D eigenvalue weighted by Gasteiger charge is -2.11. The highest BCUT2D eigenvalue weighted by Crippen LogP contribution is 2.24. The largest absolute Gasteiger partial charge is 0.469 e. The van der Waals surface area contributed by atoms with Gasteiger partial charge in [0, 0.05) is 17.0 Å². The molecule has 7 heteroatoms. The van der Waals surface area contributed by atoms with Crippen molar-refractivity contribution in [3.8, 4) is 10.6 Å². The molecule has 1 aromatic heterocycles. The molecule has 0 saturated heterocycles. The molecule has 1 N–H and O–H groups in total. The number of benzene rings is 1. The molecule has 0 spiro atoms. The maximum atomic E-state index is 13.2. The molecule has 0 radical (unpaired) electrons. The van der Waals surface area contributed by atoms with Crippen molar-refractivity contribution in [1.29, 1.82) is 0 Å². The monoisotopic (exact) mass is 336 g/mol. The lowest BCUT2D eigenvalue weighted by atomic mass is 10.2. The third kappa shape index (κ3) is 5.14. The molecule has 0 aliphatic carbocycles. The Morgan fingerprint density at radius 1 is 1.43 bits per heavy atom. The van der Waals surface area contributed by atoms with Gasteiger partial charge in [-0.05, 0) is 19.1 Å². The summed E-state index contributed by atoms with van der Waals surface area (Å²) in [4.78, 5) is 27.4. The van der Waals surface area contributed by atoms with Crippen molar-refractivity contribution in [2.75, 3.05) is 7.11 Å². The molecule has 1 aromatic carbocycles. The van der Waals surface area contributed by atoms with E-state index in [1.54, 1.807) is 24.4 Å². The van der Waals surface area contributed by atoms with Crippen LogP contribution >= 0.6 is 11.3 Å². The van der Waals surface area contributed by atoms with Crippen molar-refractivity contribution in [3.05, 3.63) is 41.2 Å². The van der Waals surface area contributed by atoms with Gasteiger partial charge in [-0.3, -0.25) is 9.59 Å². The van der Waals surface area contributed by atoms with Gasteiger partial charge in [0.1, 0.15) is 10.8 Å². The molecule has 0 aliphatic rings. The lowest BCUT2D eigenvalue weighted by Crippen LogP contribution is -2.35. The first-order chi connectivity index (χ1) is 11.0. The molecular weight excluding hydrogens is 319 g/mol. The van der Waals surface area contributed by atoms with Crippen molar-refractivity contribution in [2.24, 2.45) is 0 Å². The number of carbonyl (C=O) groups is 2. The summed E-state index contributed by atoms with van der Waals surface area (Å²) in [5, 5.41) is 5.15. The van der Waals surface area contributed by atoms with Crippen molar-refractivity contribution >= 4 is 23.2 Å². The van der Waals surface area contributed by atoms with Gasteiger partial charge < -0.3 is 10.1 Å². The number of aromatic nitrogens is 1. The second kappa shape index (κ2) is 7.82. The Bertz CT molecular complexity index is 702. The van der Waals surface area contributed by atoms with Crippen molar-refractivity contribution in [2.45, 2.75) is 25.8 Å². The van der Waals surface area contributed by atoms with E-state index in [1.165, 1.54) is 30.6 Å². The average molecular weight is 336 g/mol. The van der Waals surface area contributed by atoms with Gasteiger partial charge in [-0.1, -0.05) is 12.1 Å². The molecule has 0 saturated carbocycles. The van der Waals surface area contributed by atoms with Gasteiger partial charge in [0.05, 0.1) is 25.6 Å². The fourth-order valence-electron chi connectivity index (χ4n) is 2.02. The van der Waals surface area contributed by atoms with E-state index < -0.39 is 0 Å². The Balaban J connectivity index is 1.94. The van der Waals surface area contributed by atoms with Crippen LogP contribution in [0.5, 0.6) is 0 Å². The van der Waals surface area contributed by atoms with Crippen LogP contribution in [0.15, 0.2) is 29.6 Å². The number of nitrogens with one attached hydrogen (secondary N) is 1. The SMILES string of the molecule is COC(=O)CC(C)NC(=O)Cc1csc(-c2cccc(F)c2)n1. The first kappa shape index (κ1) is 17.1. The summed E-state index contributed by atoms with van der Waals surface area (Å²) in [5.74, 6) is -0.925. The summed E-state index contributed by atoms with van der Waals surface area (Å²) in [6, 6.07) is 5.85. The number of thiazole rings is 1. The van der Waals surface area contributed by atoms with Crippen LogP contribution in [-0.2, 0) is 20.7 Å². The highest BCUT2D eigenvalue weighted by molar-refractivity contribution is 7.13. The molecule has 1 unspecified atom stereocenters. The standard InChI is InChI=1S/C16H17FN2O3S/c1-10(6-15(21)22-2)18-14(20)8-13-9-23-16(19-13)11-4-3-5-12(17)7-11/h3-5,7,9-10H,6,8H2,1-2H3,(H,18,20). The molecule has 5 nitrogen and oxygen atoms in total. The first-order valence-corrected chi connectivity index (χ1v) is 7.92. The van der Waals surface area contributed by atoms with Crippen molar-refractivity contribution in [3.63, 3.8) is 0 Å². The average Bonchev–Trinajstić information content (AvgIpc) is 2.95. The predicted molar refractivity (Wildman–Crippen MR) is 85.4 cm³/mol. The molecule has 0 bridgehead atoms. The van der Waals surface area contributed by atoms with Gasteiger partial charge in [0.25, 0.3) is 0 Å². The quantitative estimate of drug-likeness (QED) is 0.823. The zero-order valence-electron chi connectivity index (χ0n) is 12.8. The number of rotatable bonds is 6. The number of hydrogen-bond donors (Lipinski definition) is 1. The van der Waals surface area contributed by atoms with E-state index >= 15 is 0 Å². The summed E-state index contributed by atoms with van der Waals surface area (Å²) in [5.41, 5.74) is 1.29. The molecule has 1 amide bonds. The van der Waals surface area contributed by atoms with Gasteiger partial charge in [-0.25, -0.2) is 9.37 Å². The number of hydrogen-bond acceptors (Lipinski definition) is 5. The lowest BCUT2D eigenvalue weighted by molar-refractivity contribution is -0.141. The van der Waals surface area contributed by atoms with E-state index in [9.17, 15) is 14.0 Å². The van der Waals surface area contributed by atoms with Gasteiger partial charge >= 0.3 is 5.97 Å². The molecule has 2 aromatic rings. The summed E-state index contributed by atoms with van der Waals surface area (Å²) in [6.45, 7) is 1.73. The van der Waals surface area contributed by atoms with Crippen LogP contribution in [0.1, 0.15) is 19.0 Å². The molecule has 122 valence electrons. The van der Waals surface area contributed by atoms with E-state index in [1.807, 2.05) is 0 Å². The zero-order chi connectivity index (χ0) is 16.8. The predicted octanol–water partition coefficient (Wildman–Crippen LogP) is 2.56. The van der Waals surface area contributed by atoms with E-state index in [0.29, 0.717) is 16.3 Å². The Morgan fingerprint density at radius 3 is 2.91 bits per heavy atom. The number of esters is 1. The Kier molecular flexibility index (Phi) is 5.81. The number of methoxy groups -OCH3 is 1. The smallest absolute Gasteiger partial charge is 0.307 e. The summed E-state index contributed by atoms with van der Waals surface area (Å²) < 4.78 is 17.8. The first-order valence-electron chi connectivity index (χ1n) is 7.04. The second-order valence-electron chi connectivity index (χ2n) is 5.08. The van der Waals surface area contributed by atoms with E-state index in [4.69, 9.17) is 0 Å². The van der Waals surface area contributed by atoms with Crippen molar-refractivity contribution < 1.29 is 18.7 Å². The minimum Gasteiger partial charge on any atom is -0.469 e. The molecule has 2 rings (SSSR count). The van der Waals surface area contributed by atoms with Crippen LogP contribution in [0, 0.1) is 5.82 Å². The fourth-order valence-corrected chi connectivity index (χ4v) is 2.83. The minimum atomic E-state index is -0.375. The van der Waals surface area contributed by atoms with E-state index in [-0.39, 0.29) is 36.6 Å². The van der Waals surface area contributed by atoms with Crippen LogP contribution in [0.25, 0.3) is 10.6 Å². The van der Waals surface area contributed by atoms with E-state index in [2.05, 4.69) is 15.0 Å². The number of amides is 1. The highest BCUT2D eigenvalue weighted by atomic mass is 32.1. The number of halogens is 1. The second-order valence-corrected chi connectivity index (χ2v) is 5.94. The zero-order valence-corrected chi connectivity index (χ0v) is 13.7. The highest BCUT2D eigenvalue weighted by Gasteiger charge is 2.14. The van der Waals surface area contributed by atoms with Crippen LogP contribution in [0.2, 0.25) is 0 Å². The maximum Gasteiger partial charge on any atom is 0.307 e. The normalized spacial score (nSPS) is 11.8. The summed E-state index contributed by atoms with van der Waals surface area (Å²) >= 11 is 1.35. The third-order valence-electron chi connectivity index (χ3n) is 3.07. The number of carbonyl (C=O) groups excluding carboxylic acids is 2.